The summed E-state index contributed by atoms with van der Waals surface area (Å²) in [4.78, 5) is 33.6. The molecule has 0 spiro atoms. The Balaban J connectivity index is 3.00. The van der Waals surface area contributed by atoms with Crippen LogP contribution in [0.3, 0.4) is 0 Å². The van der Waals surface area contributed by atoms with Crippen LogP contribution in [0.15, 0.2) is 35.3 Å². The van der Waals surface area contributed by atoms with Crippen LogP contribution in [0.2, 0.25) is 0 Å². The van der Waals surface area contributed by atoms with Gasteiger partial charge in [0.05, 0.1) is 5.52 Å². The van der Waals surface area contributed by atoms with E-state index in [1.165, 1.54) is 12.1 Å². The van der Waals surface area contributed by atoms with Crippen LogP contribution in [0, 0.1) is 0 Å². The summed E-state index contributed by atoms with van der Waals surface area (Å²) < 4.78 is 0.722. The third kappa shape index (κ3) is 1.65. The number of aromatic nitrogens is 1. The smallest absolute Gasteiger partial charge is 0.416 e. The van der Waals surface area contributed by atoms with Crippen LogP contribution in [0.1, 0.15) is 10.4 Å². The van der Waals surface area contributed by atoms with Crippen LogP contribution < -0.4 is 5.43 Å². The first-order chi connectivity index (χ1) is 8.02. The van der Waals surface area contributed by atoms with Crippen molar-refractivity contribution < 1.29 is 19.8 Å². The second-order valence-electron chi connectivity index (χ2n) is 3.35. The number of rotatable bonds is 1. The number of carbonyl (C=O) groups is 2. The van der Waals surface area contributed by atoms with Crippen molar-refractivity contribution in [3.8, 4) is 0 Å². The Labute approximate surface area is 94.3 Å². The van der Waals surface area contributed by atoms with E-state index >= 15 is 0 Å². The molecule has 6 heteroatoms. The Kier molecular flexibility index (Phi) is 2.40. The molecular formula is C11H7NO5. The van der Waals surface area contributed by atoms with E-state index < -0.39 is 23.1 Å². The third-order valence-corrected chi connectivity index (χ3v) is 2.35. The molecule has 0 bridgehead atoms. The molecule has 0 aliphatic carbocycles. The van der Waals surface area contributed by atoms with Gasteiger partial charge >= 0.3 is 12.1 Å². The number of carboxylic acid groups (broad SMARTS) is 2. The molecule has 2 rings (SSSR count). The van der Waals surface area contributed by atoms with E-state index in [2.05, 4.69) is 0 Å². The lowest BCUT2D eigenvalue weighted by molar-refractivity contribution is 0.0695. The standard InChI is InChI=1S/C11H7NO5/c13-9-6-3-1-2-4-8(6)12(11(16)17)5-7(9)10(14)15/h1-5H,(H,14,15)(H,16,17). The fourth-order valence-electron chi connectivity index (χ4n) is 1.59. The number of fused-ring (bicyclic) bond motifs is 1. The van der Waals surface area contributed by atoms with Crippen LogP contribution in [-0.2, 0) is 0 Å². The van der Waals surface area contributed by atoms with Gasteiger partial charge in [0, 0.05) is 11.6 Å². The average molecular weight is 233 g/mol. The van der Waals surface area contributed by atoms with Gasteiger partial charge in [-0.2, -0.15) is 0 Å². The van der Waals surface area contributed by atoms with E-state index in [1.54, 1.807) is 12.1 Å². The minimum atomic E-state index is -1.45. The molecule has 0 saturated heterocycles. The highest BCUT2D eigenvalue weighted by atomic mass is 16.4. The van der Waals surface area contributed by atoms with E-state index in [0.29, 0.717) is 0 Å². The van der Waals surface area contributed by atoms with E-state index in [0.717, 1.165) is 10.8 Å². The van der Waals surface area contributed by atoms with Crippen LogP contribution in [0.5, 0.6) is 0 Å². The second-order valence-corrected chi connectivity index (χ2v) is 3.35. The van der Waals surface area contributed by atoms with Crippen LogP contribution in [0.4, 0.5) is 4.79 Å². The lowest BCUT2D eigenvalue weighted by atomic mass is 10.1. The number of para-hydroxylation sites is 1. The first kappa shape index (κ1) is 10.9. The van der Waals surface area contributed by atoms with Crippen molar-refractivity contribution in [1.29, 1.82) is 0 Å². The summed E-state index contributed by atoms with van der Waals surface area (Å²) in [7, 11) is 0. The quantitative estimate of drug-likeness (QED) is 0.771. The lowest BCUT2D eigenvalue weighted by Crippen LogP contribution is -2.21. The van der Waals surface area contributed by atoms with Gasteiger partial charge in [-0.05, 0) is 12.1 Å². The SMILES string of the molecule is O=C(O)c1cn(C(=O)O)c2ccccc2c1=O. The number of hydrogen-bond acceptors (Lipinski definition) is 3. The maximum Gasteiger partial charge on any atom is 0.416 e. The van der Waals surface area contributed by atoms with Gasteiger partial charge in [0.25, 0.3) is 0 Å². The number of nitrogens with zero attached hydrogens (tertiary/aromatic N) is 1. The van der Waals surface area contributed by atoms with Crippen LogP contribution in [0.25, 0.3) is 10.9 Å². The molecule has 6 nitrogen and oxygen atoms in total. The molecule has 0 atom stereocenters. The minimum absolute atomic E-state index is 0.0646. The van der Waals surface area contributed by atoms with Crippen molar-refractivity contribution in [2.45, 2.75) is 0 Å². The van der Waals surface area contributed by atoms with E-state index in [9.17, 15) is 14.4 Å². The second kappa shape index (κ2) is 3.75. The molecule has 0 unspecified atom stereocenters. The zero-order valence-electron chi connectivity index (χ0n) is 8.45. The first-order valence-corrected chi connectivity index (χ1v) is 4.63. The number of pyridine rings is 1. The predicted octanol–water partition coefficient (Wildman–Crippen LogP) is 1.23. The highest BCUT2D eigenvalue weighted by Crippen LogP contribution is 2.11. The molecule has 86 valence electrons. The monoisotopic (exact) mass is 233 g/mol. The van der Waals surface area contributed by atoms with E-state index in [-0.39, 0.29) is 10.9 Å². The molecule has 2 aromatic rings. The number of hydrogen-bond donors (Lipinski definition) is 2. The Morgan fingerprint density at radius 1 is 1.12 bits per heavy atom. The zero-order valence-corrected chi connectivity index (χ0v) is 8.45. The molecule has 2 N–H and O–H groups in total. The molecule has 0 amide bonds. The summed E-state index contributed by atoms with van der Waals surface area (Å²) in [5.41, 5.74) is -1.09. The topological polar surface area (TPSA) is 96.6 Å². The van der Waals surface area contributed by atoms with Gasteiger partial charge < -0.3 is 10.2 Å². The average Bonchev–Trinajstić information content (AvgIpc) is 2.29. The maximum absolute atomic E-state index is 11.8. The molecule has 0 fully saturated rings. The van der Waals surface area contributed by atoms with Crippen molar-refractivity contribution in [3.63, 3.8) is 0 Å². The summed E-state index contributed by atoms with van der Waals surface area (Å²) in [6.07, 6.45) is -0.529. The molecule has 1 aromatic heterocycles. The minimum Gasteiger partial charge on any atom is -0.477 e. The van der Waals surface area contributed by atoms with Gasteiger partial charge in [-0.1, -0.05) is 12.1 Å². The maximum atomic E-state index is 11.8. The molecule has 1 heterocycles. The molecular weight excluding hydrogens is 226 g/mol. The van der Waals surface area contributed by atoms with E-state index in [4.69, 9.17) is 10.2 Å². The number of carboxylic acids is 1. The van der Waals surface area contributed by atoms with Crippen molar-refractivity contribution in [1.82, 2.24) is 4.57 Å². The van der Waals surface area contributed by atoms with Gasteiger partial charge in [0.1, 0.15) is 5.56 Å². The zero-order chi connectivity index (χ0) is 12.6. The first-order valence-electron chi connectivity index (χ1n) is 4.63. The lowest BCUT2D eigenvalue weighted by Gasteiger charge is -2.06. The Morgan fingerprint density at radius 2 is 1.76 bits per heavy atom. The molecule has 1 aromatic carbocycles. The van der Waals surface area contributed by atoms with Gasteiger partial charge in [0.15, 0.2) is 0 Å². The molecule has 0 radical (unpaired) electrons. The fourth-order valence-corrected chi connectivity index (χ4v) is 1.59. The molecule has 17 heavy (non-hydrogen) atoms. The largest absolute Gasteiger partial charge is 0.477 e. The van der Waals surface area contributed by atoms with Crippen molar-refractivity contribution in [2.75, 3.05) is 0 Å². The Hall–Kier alpha value is -2.63. The van der Waals surface area contributed by atoms with Crippen molar-refractivity contribution >= 4 is 23.0 Å². The predicted molar refractivity (Wildman–Crippen MR) is 58.6 cm³/mol. The summed E-state index contributed by atoms with van der Waals surface area (Å²) in [5.74, 6) is -1.45. The highest BCUT2D eigenvalue weighted by Gasteiger charge is 2.16. The normalized spacial score (nSPS) is 10.4. The van der Waals surface area contributed by atoms with Gasteiger partial charge in [0.2, 0.25) is 5.43 Å². The third-order valence-electron chi connectivity index (χ3n) is 2.35. The Bertz CT molecular complexity index is 686. The number of aromatic carboxylic acids is 1. The molecule has 0 aliphatic rings. The molecule has 0 saturated carbocycles. The summed E-state index contributed by atoms with van der Waals surface area (Å²) >= 11 is 0. The van der Waals surface area contributed by atoms with Crippen LogP contribution >= 0.6 is 0 Å². The fraction of sp³-hybridized carbons (Fsp3) is 0. The number of benzene rings is 1. The summed E-state index contributed by atoms with van der Waals surface area (Å²) in [6, 6.07) is 5.95. The van der Waals surface area contributed by atoms with Crippen molar-refractivity contribution in [3.05, 3.63) is 46.2 Å². The highest BCUT2D eigenvalue weighted by molar-refractivity contribution is 5.95. The van der Waals surface area contributed by atoms with Crippen molar-refractivity contribution in [2.24, 2.45) is 0 Å². The van der Waals surface area contributed by atoms with Gasteiger partial charge in [-0.3, -0.25) is 9.36 Å². The Morgan fingerprint density at radius 3 is 2.35 bits per heavy atom. The van der Waals surface area contributed by atoms with Crippen LogP contribution in [-0.4, -0.2) is 26.8 Å². The van der Waals surface area contributed by atoms with E-state index in [1.807, 2.05) is 0 Å². The van der Waals surface area contributed by atoms with Gasteiger partial charge in [-0.15, -0.1) is 0 Å². The summed E-state index contributed by atoms with van der Waals surface area (Å²) in [5, 5.41) is 17.8. The molecule has 0 aliphatic heterocycles. The summed E-state index contributed by atoms with van der Waals surface area (Å²) in [6.45, 7) is 0. The van der Waals surface area contributed by atoms with Gasteiger partial charge in [-0.25, -0.2) is 9.59 Å².